The zero-order chi connectivity index (χ0) is 36.3. The molecule has 1 aromatic heterocycles. The van der Waals surface area contributed by atoms with Gasteiger partial charge in [-0.3, -0.25) is 0 Å². The van der Waals surface area contributed by atoms with Gasteiger partial charge in [-0.2, -0.15) is 9.97 Å². The molecule has 0 bridgehead atoms. The van der Waals surface area contributed by atoms with Gasteiger partial charge in [0, 0.05) is 11.1 Å². The first-order valence-corrected chi connectivity index (χ1v) is 13.0. The summed E-state index contributed by atoms with van der Waals surface area (Å²) in [6.07, 6.45) is 0. The SMILES string of the molecule is [2H]c1c([2H])c([2H])c(-c2cccc(-c3nc(Cl)nc(-c4ccc(-c5ccc6ccccc6c5)c(-c5c([2H])c([2H])c([2H])c([2H])c5[2H])c4)n3)c2)c([2H])c1[2H]. The Balaban J connectivity index is 1.41. The summed E-state index contributed by atoms with van der Waals surface area (Å²) in [4.78, 5) is 13.3. The Labute approximate surface area is 257 Å². The van der Waals surface area contributed by atoms with Gasteiger partial charge in [-0.1, -0.05) is 127 Å². The first kappa shape index (κ1) is 16.2. The summed E-state index contributed by atoms with van der Waals surface area (Å²) in [7, 11) is 0. The van der Waals surface area contributed by atoms with Crippen molar-refractivity contribution < 1.29 is 13.7 Å². The van der Waals surface area contributed by atoms with E-state index < -0.39 is 36.3 Å². The fraction of sp³-hybridized carbons (Fsp3) is 0. The summed E-state index contributed by atoms with van der Waals surface area (Å²) in [6, 6.07) is 21.2. The van der Waals surface area contributed by atoms with Crippen molar-refractivity contribution in [1.82, 2.24) is 15.0 Å². The van der Waals surface area contributed by atoms with Crippen LogP contribution in [-0.4, -0.2) is 15.0 Å². The van der Waals surface area contributed by atoms with Crippen LogP contribution in [0.4, 0.5) is 0 Å². The fourth-order valence-corrected chi connectivity index (χ4v) is 4.86. The van der Waals surface area contributed by atoms with E-state index in [1.165, 1.54) is 0 Å². The topological polar surface area (TPSA) is 38.7 Å². The standard InChI is InChI=1S/C37H24ClN3/c38-37-40-35(31-17-9-16-29(23-31)25-10-3-1-4-11-25)39-36(41-37)32-20-21-33(34(24-32)27-13-5-2-6-14-27)30-19-18-26-12-7-8-15-28(26)22-30/h1-24H/i1D,2D,3D,4D,5D,6D,10D,11D,13D,14D. The Morgan fingerprint density at radius 2 is 1.07 bits per heavy atom. The summed E-state index contributed by atoms with van der Waals surface area (Å²) >= 11 is 6.44. The smallest absolute Gasteiger partial charge is 0.208 e. The van der Waals surface area contributed by atoms with E-state index in [-0.39, 0.29) is 52.2 Å². The van der Waals surface area contributed by atoms with E-state index in [9.17, 15) is 0 Å². The van der Waals surface area contributed by atoms with Crippen LogP contribution in [0.1, 0.15) is 13.7 Å². The van der Waals surface area contributed by atoms with E-state index in [4.69, 9.17) is 25.3 Å². The lowest BCUT2D eigenvalue weighted by Crippen LogP contribution is -1.98. The Bertz CT molecular complexity index is 2520. The average molecular weight is 556 g/mol. The molecule has 0 fully saturated rings. The molecule has 0 saturated heterocycles. The van der Waals surface area contributed by atoms with Crippen molar-refractivity contribution in [2.24, 2.45) is 0 Å². The molecule has 3 nitrogen and oxygen atoms in total. The van der Waals surface area contributed by atoms with Crippen molar-refractivity contribution in [3.63, 3.8) is 0 Å². The van der Waals surface area contributed by atoms with Crippen molar-refractivity contribution in [3.8, 4) is 56.2 Å². The average Bonchev–Trinajstić information content (AvgIpc) is 3.14. The molecule has 0 aliphatic heterocycles. The minimum atomic E-state index is -0.503. The number of benzene rings is 6. The molecule has 7 rings (SSSR count). The van der Waals surface area contributed by atoms with Gasteiger partial charge in [-0.15, -0.1) is 0 Å². The Hall–Kier alpha value is -5.12. The van der Waals surface area contributed by atoms with Crippen molar-refractivity contribution in [2.45, 2.75) is 0 Å². The van der Waals surface area contributed by atoms with Crippen LogP contribution in [0.15, 0.2) is 145 Å². The predicted molar refractivity (Wildman–Crippen MR) is 170 cm³/mol. The van der Waals surface area contributed by atoms with Crippen LogP contribution >= 0.6 is 11.6 Å². The highest BCUT2D eigenvalue weighted by Crippen LogP contribution is 2.37. The normalized spacial score (nSPS) is 14.5. The van der Waals surface area contributed by atoms with Gasteiger partial charge in [-0.25, -0.2) is 4.98 Å². The highest BCUT2D eigenvalue weighted by Gasteiger charge is 2.15. The van der Waals surface area contributed by atoms with Gasteiger partial charge in [0.2, 0.25) is 5.28 Å². The van der Waals surface area contributed by atoms with Crippen molar-refractivity contribution >= 4 is 22.4 Å². The number of aromatic nitrogens is 3. The Morgan fingerprint density at radius 3 is 1.83 bits per heavy atom. The van der Waals surface area contributed by atoms with Crippen molar-refractivity contribution in [1.29, 1.82) is 0 Å². The third-order valence-corrected chi connectivity index (χ3v) is 6.79. The molecule has 0 aliphatic carbocycles. The lowest BCUT2D eigenvalue weighted by Gasteiger charge is -2.14. The maximum Gasteiger partial charge on any atom is 0.226 e. The molecular weight excluding hydrogens is 522 g/mol. The van der Waals surface area contributed by atoms with Crippen LogP contribution in [0, 0.1) is 0 Å². The monoisotopic (exact) mass is 555 g/mol. The van der Waals surface area contributed by atoms with Crippen LogP contribution in [0.25, 0.3) is 66.9 Å². The second kappa shape index (κ2) is 10.8. The molecular formula is C37H24ClN3. The van der Waals surface area contributed by atoms with E-state index in [0.29, 0.717) is 27.8 Å². The minimum Gasteiger partial charge on any atom is -0.208 e. The molecule has 0 atom stereocenters. The maximum atomic E-state index is 8.78. The van der Waals surface area contributed by atoms with Crippen LogP contribution in [0.3, 0.4) is 0 Å². The zero-order valence-electron chi connectivity index (χ0n) is 31.3. The minimum absolute atomic E-state index is 0.0118. The van der Waals surface area contributed by atoms with Crippen molar-refractivity contribution in [2.75, 3.05) is 0 Å². The van der Waals surface area contributed by atoms with Gasteiger partial charge < -0.3 is 0 Å². The molecule has 6 aromatic carbocycles. The van der Waals surface area contributed by atoms with E-state index in [1.54, 1.807) is 42.5 Å². The predicted octanol–water partition coefficient (Wildman–Crippen LogP) is 10.0. The molecule has 7 aromatic rings. The van der Waals surface area contributed by atoms with Crippen LogP contribution in [0.5, 0.6) is 0 Å². The first-order valence-electron chi connectivity index (χ1n) is 17.7. The van der Waals surface area contributed by atoms with E-state index in [1.807, 2.05) is 42.5 Å². The quantitative estimate of drug-likeness (QED) is 0.212. The molecule has 41 heavy (non-hydrogen) atoms. The zero-order valence-corrected chi connectivity index (χ0v) is 22.1. The number of fused-ring (bicyclic) bond motifs is 1. The van der Waals surface area contributed by atoms with Crippen LogP contribution in [0.2, 0.25) is 5.28 Å². The molecule has 0 saturated carbocycles. The van der Waals surface area contributed by atoms with Gasteiger partial charge >= 0.3 is 0 Å². The molecule has 1 heterocycles. The highest BCUT2D eigenvalue weighted by atomic mass is 35.5. The van der Waals surface area contributed by atoms with Crippen LogP contribution < -0.4 is 0 Å². The molecule has 0 radical (unpaired) electrons. The van der Waals surface area contributed by atoms with E-state index in [0.717, 1.165) is 16.3 Å². The molecule has 0 aliphatic rings. The lowest BCUT2D eigenvalue weighted by molar-refractivity contribution is 1.07. The molecule has 0 amide bonds. The largest absolute Gasteiger partial charge is 0.226 e. The van der Waals surface area contributed by atoms with E-state index in [2.05, 4.69) is 15.0 Å². The second-order valence-electron chi connectivity index (χ2n) is 9.15. The third kappa shape index (κ3) is 5.11. The number of hydrogen-bond donors (Lipinski definition) is 0. The number of halogens is 1. The van der Waals surface area contributed by atoms with Crippen molar-refractivity contribution in [3.05, 3.63) is 151 Å². The summed E-state index contributed by atoms with van der Waals surface area (Å²) in [6.45, 7) is 0. The van der Waals surface area contributed by atoms with Gasteiger partial charge in [0.1, 0.15) is 0 Å². The number of hydrogen-bond acceptors (Lipinski definition) is 3. The van der Waals surface area contributed by atoms with Gasteiger partial charge in [-0.05, 0) is 74.0 Å². The highest BCUT2D eigenvalue weighted by molar-refractivity contribution is 6.28. The molecule has 4 heteroatoms. The fourth-order valence-electron chi connectivity index (χ4n) is 4.70. The van der Waals surface area contributed by atoms with Gasteiger partial charge in [0.15, 0.2) is 11.6 Å². The third-order valence-electron chi connectivity index (χ3n) is 6.63. The Morgan fingerprint density at radius 1 is 0.439 bits per heavy atom. The summed E-state index contributed by atoms with van der Waals surface area (Å²) in [5.74, 6) is 0.277. The number of rotatable bonds is 5. The summed E-state index contributed by atoms with van der Waals surface area (Å²) in [5.41, 5.74) is 2.99. The maximum absolute atomic E-state index is 8.78. The van der Waals surface area contributed by atoms with Crippen LogP contribution in [-0.2, 0) is 0 Å². The molecule has 194 valence electrons. The Kier molecular flexibility index (Phi) is 4.27. The van der Waals surface area contributed by atoms with Gasteiger partial charge in [0.25, 0.3) is 0 Å². The summed E-state index contributed by atoms with van der Waals surface area (Å²) in [5, 5.41) is 1.84. The molecule has 0 unspecified atom stereocenters. The van der Waals surface area contributed by atoms with Gasteiger partial charge in [0.05, 0.1) is 13.7 Å². The molecule has 0 N–H and O–H groups in total. The molecule has 0 spiro atoms. The summed E-state index contributed by atoms with van der Waals surface area (Å²) < 4.78 is 83.4. The second-order valence-corrected chi connectivity index (χ2v) is 9.49. The van der Waals surface area contributed by atoms with E-state index >= 15 is 0 Å². The number of nitrogens with zero attached hydrogens (tertiary/aromatic N) is 3. The first-order chi connectivity index (χ1) is 24.3. The lowest BCUT2D eigenvalue weighted by atomic mass is 9.91.